The van der Waals surface area contributed by atoms with Crippen LogP contribution in [0.5, 0.6) is 0 Å². The fourth-order valence-corrected chi connectivity index (χ4v) is 8.24. The predicted octanol–water partition coefficient (Wildman–Crippen LogP) is 14.2. The molecule has 0 aromatic carbocycles. The minimum Gasteiger partial charge on any atom is -0.748 e. The molecule has 3 unspecified atom stereocenters. The summed E-state index contributed by atoms with van der Waals surface area (Å²) in [5.41, 5.74) is 0. The SMILES string of the molecule is CCCCCCCCCCCCCCCCCCCCCCCC(C(F)C(F)CCCCCCCCCF)S(=O)(=O)[O-].CC[N+](CC)(CC)CC. The number of halogens is 3. The third-order valence-electron chi connectivity index (χ3n) is 11.5. The van der Waals surface area contributed by atoms with Crippen LogP contribution >= 0.6 is 0 Å². The standard InChI is InChI=1S/C35H69F3O3S.C8H20N/c1-2-3-4-5-6-7-8-9-10-11-12-13-14-15-16-17-18-19-22-25-28-31-34(42(39,40)41)35(38)33(37)30-27-24-21-20-23-26-29-32-36;1-5-9(6-2,7-3)8-4/h33-35H,2-32H2,1H3,(H,39,40,41);5-8H2,1-4H3/q;+1/p-1. The normalized spacial score (nSPS) is 13.9. The highest BCUT2D eigenvalue weighted by Gasteiger charge is 2.33. The van der Waals surface area contributed by atoms with Gasteiger partial charge in [-0.05, 0) is 47.0 Å². The van der Waals surface area contributed by atoms with E-state index in [9.17, 15) is 26.1 Å². The molecule has 0 rings (SSSR count). The molecule has 8 heteroatoms. The van der Waals surface area contributed by atoms with Gasteiger partial charge in [0, 0.05) is 0 Å². The van der Waals surface area contributed by atoms with Gasteiger partial charge in [0.05, 0.1) is 38.1 Å². The Morgan fingerprint density at radius 2 is 0.725 bits per heavy atom. The summed E-state index contributed by atoms with van der Waals surface area (Å²) < 4.78 is 77.3. The van der Waals surface area contributed by atoms with E-state index >= 15 is 0 Å². The van der Waals surface area contributed by atoms with E-state index < -0.39 is 27.7 Å². The number of quaternary nitrogens is 1. The van der Waals surface area contributed by atoms with Gasteiger partial charge in [0.2, 0.25) is 0 Å². The van der Waals surface area contributed by atoms with Crippen molar-refractivity contribution in [1.82, 2.24) is 0 Å². The lowest BCUT2D eigenvalue weighted by Crippen LogP contribution is -2.47. The van der Waals surface area contributed by atoms with Gasteiger partial charge in [-0.3, -0.25) is 4.39 Å². The first-order valence-electron chi connectivity index (χ1n) is 22.2. The molecule has 0 spiro atoms. The van der Waals surface area contributed by atoms with Crippen molar-refractivity contribution in [2.24, 2.45) is 0 Å². The second-order valence-corrected chi connectivity index (χ2v) is 17.0. The molecule has 51 heavy (non-hydrogen) atoms. The van der Waals surface area contributed by atoms with Crippen molar-refractivity contribution < 1.29 is 30.6 Å². The summed E-state index contributed by atoms with van der Waals surface area (Å²) >= 11 is 0. The van der Waals surface area contributed by atoms with Crippen LogP contribution in [0.15, 0.2) is 0 Å². The molecule has 0 aliphatic heterocycles. The Kier molecular flexibility index (Phi) is 39.3. The number of alkyl halides is 3. The van der Waals surface area contributed by atoms with E-state index in [1.165, 1.54) is 133 Å². The summed E-state index contributed by atoms with van der Waals surface area (Å²) in [6.45, 7) is 16.2. The largest absolute Gasteiger partial charge is 0.748 e. The zero-order valence-electron chi connectivity index (χ0n) is 34.7. The first-order valence-corrected chi connectivity index (χ1v) is 23.7. The quantitative estimate of drug-likeness (QED) is 0.0358. The van der Waals surface area contributed by atoms with Gasteiger partial charge in [-0.2, -0.15) is 0 Å². The molecular formula is C43H88F3NO3S. The molecule has 4 nitrogen and oxygen atoms in total. The van der Waals surface area contributed by atoms with E-state index in [4.69, 9.17) is 0 Å². The van der Waals surface area contributed by atoms with Gasteiger partial charge in [0.15, 0.2) is 0 Å². The summed E-state index contributed by atoms with van der Waals surface area (Å²) in [6, 6.07) is 0. The van der Waals surface area contributed by atoms with Crippen LogP contribution in [0.4, 0.5) is 13.2 Å². The maximum atomic E-state index is 14.6. The van der Waals surface area contributed by atoms with Crippen LogP contribution in [-0.4, -0.2) is 67.9 Å². The molecule has 0 bridgehead atoms. The number of unbranched alkanes of at least 4 members (excludes halogenated alkanes) is 26. The molecule has 0 aromatic rings. The maximum Gasteiger partial charge on any atom is 0.147 e. The van der Waals surface area contributed by atoms with E-state index in [2.05, 4.69) is 34.6 Å². The predicted molar refractivity (Wildman–Crippen MR) is 216 cm³/mol. The molecule has 0 fully saturated rings. The van der Waals surface area contributed by atoms with Crippen molar-refractivity contribution in [3.63, 3.8) is 0 Å². The lowest BCUT2D eigenvalue weighted by molar-refractivity contribution is -0.921. The van der Waals surface area contributed by atoms with Crippen LogP contribution in [0.1, 0.15) is 227 Å². The molecule has 3 atom stereocenters. The van der Waals surface area contributed by atoms with E-state index in [0.29, 0.717) is 19.3 Å². The van der Waals surface area contributed by atoms with Crippen molar-refractivity contribution in [3.8, 4) is 0 Å². The maximum absolute atomic E-state index is 14.6. The van der Waals surface area contributed by atoms with Crippen LogP contribution in [0.25, 0.3) is 0 Å². The second-order valence-electron chi connectivity index (χ2n) is 15.4. The Hall–Kier alpha value is -0.340. The molecule has 0 N–H and O–H groups in total. The summed E-state index contributed by atoms with van der Waals surface area (Å²) in [4.78, 5) is 0. The second kappa shape index (κ2) is 38.0. The van der Waals surface area contributed by atoms with Gasteiger partial charge in [-0.15, -0.1) is 0 Å². The summed E-state index contributed by atoms with van der Waals surface area (Å²) in [5.74, 6) is 0. The van der Waals surface area contributed by atoms with Crippen molar-refractivity contribution in [2.75, 3.05) is 32.9 Å². The van der Waals surface area contributed by atoms with Gasteiger partial charge in [0.25, 0.3) is 0 Å². The lowest BCUT2D eigenvalue weighted by atomic mass is 10.00. The van der Waals surface area contributed by atoms with Crippen molar-refractivity contribution in [2.45, 2.75) is 245 Å². The Morgan fingerprint density at radius 1 is 0.451 bits per heavy atom. The topological polar surface area (TPSA) is 57.2 Å². The summed E-state index contributed by atoms with van der Waals surface area (Å²) in [6.07, 6.45) is 27.1. The zero-order chi connectivity index (χ0) is 38.5. The number of hydrogen-bond donors (Lipinski definition) is 0. The Balaban J connectivity index is 0. The zero-order valence-corrected chi connectivity index (χ0v) is 35.5. The molecule has 0 heterocycles. The van der Waals surface area contributed by atoms with E-state index in [-0.39, 0.29) is 19.5 Å². The van der Waals surface area contributed by atoms with Crippen molar-refractivity contribution >= 4 is 10.1 Å². The van der Waals surface area contributed by atoms with Crippen LogP contribution in [-0.2, 0) is 10.1 Å². The molecule has 0 amide bonds. The van der Waals surface area contributed by atoms with Crippen LogP contribution < -0.4 is 0 Å². The molecule has 0 radical (unpaired) electrons. The highest BCUT2D eigenvalue weighted by Crippen LogP contribution is 2.25. The average molecular weight is 756 g/mol. The molecule has 0 aromatic heterocycles. The van der Waals surface area contributed by atoms with E-state index in [1.807, 2.05) is 0 Å². The Labute approximate surface area is 317 Å². The number of rotatable bonds is 38. The number of nitrogens with zero attached hydrogens (tertiary/aromatic N) is 1. The van der Waals surface area contributed by atoms with Gasteiger partial charge >= 0.3 is 0 Å². The van der Waals surface area contributed by atoms with E-state index in [0.717, 1.165) is 57.8 Å². The van der Waals surface area contributed by atoms with Crippen LogP contribution in [0, 0.1) is 0 Å². The van der Waals surface area contributed by atoms with Gasteiger partial charge in [0.1, 0.15) is 22.5 Å². The minimum absolute atomic E-state index is 0.0586. The first kappa shape index (κ1) is 52.8. The third kappa shape index (κ3) is 32.8. The Morgan fingerprint density at radius 3 is 0.980 bits per heavy atom. The molecular weight excluding hydrogens is 668 g/mol. The fourth-order valence-electron chi connectivity index (χ4n) is 7.29. The van der Waals surface area contributed by atoms with Gasteiger partial charge in [-0.25, -0.2) is 17.2 Å². The van der Waals surface area contributed by atoms with Crippen LogP contribution in [0.2, 0.25) is 0 Å². The minimum atomic E-state index is -4.88. The molecule has 0 aliphatic carbocycles. The average Bonchev–Trinajstić information content (AvgIpc) is 3.12. The highest BCUT2D eigenvalue weighted by molar-refractivity contribution is 7.86. The van der Waals surface area contributed by atoms with Crippen molar-refractivity contribution in [1.29, 1.82) is 0 Å². The highest BCUT2D eigenvalue weighted by atomic mass is 32.2. The summed E-state index contributed by atoms with van der Waals surface area (Å²) in [5, 5.41) is -1.78. The van der Waals surface area contributed by atoms with E-state index in [1.54, 1.807) is 0 Å². The lowest BCUT2D eigenvalue weighted by Gasteiger charge is -2.34. The van der Waals surface area contributed by atoms with Crippen LogP contribution in [0.3, 0.4) is 0 Å². The monoisotopic (exact) mass is 756 g/mol. The van der Waals surface area contributed by atoms with Crippen molar-refractivity contribution in [3.05, 3.63) is 0 Å². The Bertz CT molecular complexity index is 780. The number of hydrogen-bond acceptors (Lipinski definition) is 3. The molecule has 0 saturated carbocycles. The van der Waals surface area contributed by atoms with Gasteiger partial charge in [-0.1, -0.05) is 180 Å². The fraction of sp³-hybridized carbons (Fsp3) is 1.00. The first-order chi connectivity index (χ1) is 24.6. The third-order valence-corrected chi connectivity index (χ3v) is 12.7. The molecule has 310 valence electrons. The smallest absolute Gasteiger partial charge is 0.147 e. The van der Waals surface area contributed by atoms with Gasteiger partial charge < -0.3 is 9.04 Å². The molecule has 0 saturated heterocycles. The summed E-state index contributed by atoms with van der Waals surface area (Å²) in [7, 11) is -4.88. The molecule has 0 aliphatic rings.